The fourth-order valence-electron chi connectivity index (χ4n) is 3.31. The van der Waals surface area contributed by atoms with Crippen molar-refractivity contribution >= 4 is 17.3 Å². The first-order chi connectivity index (χ1) is 10.1. The summed E-state index contributed by atoms with van der Waals surface area (Å²) in [6.07, 6.45) is 4.53. The lowest BCUT2D eigenvalue weighted by atomic mass is 9.99. The van der Waals surface area contributed by atoms with Crippen molar-refractivity contribution in [1.29, 1.82) is 0 Å². The third-order valence-corrected chi connectivity index (χ3v) is 4.80. The standard InChI is InChI=1S/C17H25N3O/c1-13-12-14(20-10-3-4-11-20)6-7-15(13)19-16(21)17(2)8-5-9-18-17/h6-7,12,18H,3-5,8-11H2,1-2H3,(H,19,21). The van der Waals surface area contributed by atoms with Crippen LogP contribution in [0.15, 0.2) is 18.2 Å². The van der Waals surface area contributed by atoms with E-state index in [1.54, 1.807) is 0 Å². The van der Waals surface area contributed by atoms with Crippen LogP contribution in [0, 0.1) is 6.92 Å². The summed E-state index contributed by atoms with van der Waals surface area (Å²) < 4.78 is 0. The second-order valence-corrected chi connectivity index (χ2v) is 6.51. The predicted octanol–water partition coefficient (Wildman–Crippen LogP) is 2.68. The summed E-state index contributed by atoms with van der Waals surface area (Å²) >= 11 is 0. The lowest BCUT2D eigenvalue weighted by Crippen LogP contribution is -2.48. The van der Waals surface area contributed by atoms with Gasteiger partial charge in [-0.2, -0.15) is 0 Å². The van der Waals surface area contributed by atoms with Crippen molar-refractivity contribution in [1.82, 2.24) is 5.32 Å². The number of carbonyl (C=O) groups is 1. The van der Waals surface area contributed by atoms with Gasteiger partial charge in [0.25, 0.3) is 0 Å². The summed E-state index contributed by atoms with van der Waals surface area (Å²) in [4.78, 5) is 14.9. The molecule has 2 aliphatic rings. The molecule has 0 aliphatic carbocycles. The largest absolute Gasteiger partial charge is 0.372 e. The molecule has 2 fully saturated rings. The van der Waals surface area contributed by atoms with Crippen LogP contribution in [0.1, 0.15) is 38.2 Å². The summed E-state index contributed by atoms with van der Waals surface area (Å²) in [5, 5.41) is 6.40. The molecule has 2 N–H and O–H groups in total. The minimum absolute atomic E-state index is 0.0806. The van der Waals surface area contributed by atoms with Crippen molar-refractivity contribution < 1.29 is 4.79 Å². The van der Waals surface area contributed by atoms with Crippen LogP contribution in [0.5, 0.6) is 0 Å². The third-order valence-electron chi connectivity index (χ3n) is 4.80. The molecule has 3 rings (SSSR count). The zero-order valence-electron chi connectivity index (χ0n) is 13.0. The zero-order chi connectivity index (χ0) is 14.9. The molecule has 4 nitrogen and oxygen atoms in total. The summed E-state index contributed by atoms with van der Waals surface area (Å²) in [6.45, 7) is 7.28. The molecule has 2 heterocycles. The van der Waals surface area contributed by atoms with Gasteiger partial charge in [0.1, 0.15) is 0 Å². The van der Waals surface area contributed by atoms with Crippen molar-refractivity contribution in [2.24, 2.45) is 0 Å². The molecule has 0 aromatic heterocycles. The van der Waals surface area contributed by atoms with E-state index in [-0.39, 0.29) is 5.91 Å². The van der Waals surface area contributed by atoms with Crippen LogP contribution in [0.3, 0.4) is 0 Å². The molecule has 4 heteroatoms. The Morgan fingerprint density at radius 3 is 2.67 bits per heavy atom. The minimum Gasteiger partial charge on any atom is -0.372 e. The number of aryl methyl sites for hydroxylation is 1. The predicted molar refractivity (Wildman–Crippen MR) is 86.9 cm³/mol. The molecular formula is C17H25N3O. The Bertz CT molecular complexity index is 529. The van der Waals surface area contributed by atoms with E-state index in [2.05, 4.69) is 34.6 Å². The molecule has 0 saturated carbocycles. The number of carbonyl (C=O) groups excluding carboxylic acids is 1. The normalized spacial score (nSPS) is 25.3. The summed E-state index contributed by atoms with van der Waals surface area (Å²) in [7, 11) is 0. The molecule has 0 spiro atoms. The van der Waals surface area contributed by atoms with E-state index in [1.807, 2.05) is 13.0 Å². The van der Waals surface area contributed by atoms with E-state index in [9.17, 15) is 4.79 Å². The van der Waals surface area contributed by atoms with Crippen molar-refractivity contribution in [3.63, 3.8) is 0 Å². The van der Waals surface area contributed by atoms with Crippen molar-refractivity contribution in [3.05, 3.63) is 23.8 Å². The topological polar surface area (TPSA) is 44.4 Å². The second kappa shape index (κ2) is 5.68. The first kappa shape index (κ1) is 14.4. The van der Waals surface area contributed by atoms with E-state index in [0.717, 1.165) is 43.7 Å². The number of amides is 1. The number of nitrogens with one attached hydrogen (secondary N) is 2. The van der Waals surface area contributed by atoms with Crippen LogP contribution in [-0.4, -0.2) is 31.1 Å². The van der Waals surface area contributed by atoms with E-state index in [1.165, 1.54) is 18.5 Å². The van der Waals surface area contributed by atoms with E-state index in [4.69, 9.17) is 0 Å². The monoisotopic (exact) mass is 287 g/mol. The molecule has 0 radical (unpaired) electrons. The quantitative estimate of drug-likeness (QED) is 0.898. The average Bonchev–Trinajstić information content (AvgIpc) is 3.13. The molecule has 1 aromatic rings. The lowest BCUT2D eigenvalue weighted by Gasteiger charge is -2.24. The van der Waals surface area contributed by atoms with Gasteiger partial charge in [-0.3, -0.25) is 4.79 Å². The third kappa shape index (κ3) is 2.91. The number of nitrogens with zero attached hydrogens (tertiary/aromatic N) is 1. The van der Waals surface area contributed by atoms with E-state index < -0.39 is 5.54 Å². The van der Waals surface area contributed by atoms with Crippen LogP contribution in [0.4, 0.5) is 11.4 Å². The van der Waals surface area contributed by atoms with Crippen molar-refractivity contribution in [2.45, 2.75) is 45.1 Å². The van der Waals surface area contributed by atoms with Gasteiger partial charge in [-0.25, -0.2) is 0 Å². The maximum atomic E-state index is 12.4. The van der Waals surface area contributed by atoms with Gasteiger partial charge in [0.2, 0.25) is 5.91 Å². The molecule has 1 amide bonds. The van der Waals surface area contributed by atoms with E-state index >= 15 is 0 Å². The Morgan fingerprint density at radius 1 is 1.29 bits per heavy atom. The average molecular weight is 287 g/mol. The Kier molecular flexibility index (Phi) is 3.89. The zero-order valence-corrected chi connectivity index (χ0v) is 13.0. The Hall–Kier alpha value is -1.55. The lowest BCUT2D eigenvalue weighted by molar-refractivity contribution is -0.121. The van der Waals surface area contributed by atoms with Gasteiger partial charge >= 0.3 is 0 Å². The van der Waals surface area contributed by atoms with E-state index in [0.29, 0.717) is 0 Å². The van der Waals surface area contributed by atoms with Crippen LogP contribution in [-0.2, 0) is 4.79 Å². The summed E-state index contributed by atoms with van der Waals surface area (Å²) in [5.41, 5.74) is 2.92. The molecule has 2 aliphatic heterocycles. The molecular weight excluding hydrogens is 262 g/mol. The van der Waals surface area contributed by atoms with Crippen molar-refractivity contribution in [3.8, 4) is 0 Å². The maximum Gasteiger partial charge on any atom is 0.244 e. The summed E-state index contributed by atoms with van der Waals surface area (Å²) in [6, 6.07) is 6.35. The van der Waals surface area contributed by atoms with Gasteiger partial charge in [-0.15, -0.1) is 0 Å². The maximum absolute atomic E-state index is 12.4. The first-order valence-corrected chi connectivity index (χ1v) is 8.01. The van der Waals surface area contributed by atoms with Crippen LogP contribution in [0.25, 0.3) is 0 Å². The molecule has 2 saturated heterocycles. The molecule has 21 heavy (non-hydrogen) atoms. The van der Waals surface area contributed by atoms with Gasteiger partial charge in [-0.1, -0.05) is 0 Å². The Labute approximate surface area is 126 Å². The minimum atomic E-state index is -0.417. The fraction of sp³-hybridized carbons (Fsp3) is 0.588. The first-order valence-electron chi connectivity index (χ1n) is 8.01. The highest BCUT2D eigenvalue weighted by atomic mass is 16.2. The highest BCUT2D eigenvalue weighted by Gasteiger charge is 2.35. The van der Waals surface area contributed by atoms with Crippen LogP contribution < -0.4 is 15.5 Å². The molecule has 1 unspecified atom stereocenters. The molecule has 114 valence electrons. The van der Waals surface area contributed by atoms with Gasteiger partial charge in [0.15, 0.2) is 0 Å². The van der Waals surface area contributed by atoms with Crippen LogP contribution >= 0.6 is 0 Å². The van der Waals surface area contributed by atoms with Crippen LogP contribution in [0.2, 0.25) is 0 Å². The fourth-order valence-corrected chi connectivity index (χ4v) is 3.31. The van der Waals surface area contributed by atoms with Crippen molar-refractivity contribution in [2.75, 3.05) is 29.9 Å². The highest BCUT2D eigenvalue weighted by molar-refractivity contribution is 5.98. The van der Waals surface area contributed by atoms with Gasteiger partial charge < -0.3 is 15.5 Å². The molecule has 1 atom stereocenters. The highest BCUT2D eigenvalue weighted by Crippen LogP contribution is 2.27. The number of hydrogen-bond donors (Lipinski definition) is 2. The molecule has 1 aromatic carbocycles. The number of benzene rings is 1. The summed E-state index contributed by atoms with van der Waals surface area (Å²) in [5.74, 6) is 0.0806. The van der Waals surface area contributed by atoms with Gasteiger partial charge in [-0.05, 0) is 69.8 Å². The number of rotatable bonds is 3. The number of hydrogen-bond acceptors (Lipinski definition) is 3. The second-order valence-electron chi connectivity index (χ2n) is 6.51. The van der Waals surface area contributed by atoms with Gasteiger partial charge in [0.05, 0.1) is 5.54 Å². The Morgan fingerprint density at radius 2 is 2.05 bits per heavy atom. The SMILES string of the molecule is Cc1cc(N2CCCC2)ccc1NC(=O)C1(C)CCCN1. The molecule has 0 bridgehead atoms. The smallest absolute Gasteiger partial charge is 0.244 e. The number of anilines is 2. The van der Waals surface area contributed by atoms with Gasteiger partial charge in [0, 0.05) is 24.5 Å². The Balaban J connectivity index is 1.72.